The van der Waals surface area contributed by atoms with Crippen LogP contribution in [-0.2, 0) is 4.79 Å². The van der Waals surface area contributed by atoms with Crippen LogP contribution in [0.2, 0.25) is 0 Å². The van der Waals surface area contributed by atoms with E-state index in [1.54, 1.807) is 6.20 Å². The van der Waals surface area contributed by atoms with Gasteiger partial charge < -0.3 is 15.3 Å². The highest BCUT2D eigenvalue weighted by molar-refractivity contribution is 5.97. The molecule has 1 saturated heterocycles. The van der Waals surface area contributed by atoms with Crippen LogP contribution >= 0.6 is 0 Å². The number of likely N-dealkylation sites (tertiary alicyclic amines) is 1. The molecule has 0 spiro atoms. The molecule has 0 aliphatic carbocycles. The summed E-state index contributed by atoms with van der Waals surface area (Å²) in [4.78, 5) is 13.9. The van der Waals surface area contributed by atoms with Gasteiger partial charge in [0, 0.05) is 31.4 Å². The van der Waals surface area contributed by atoms with Crippen LogP contribution < -0.4 is 5.32 Å². The van der Waals surface area contributed by atoms with Gasteiger partial charge in [-0.15, -0.1) is 0 Å². The minimum Gasteiger partial charge on any atom is -0.396 e. The van der Waals surface area contributed by atoms with Gasteiger partial charge in [-0.05, 0) is 39.5 Å². The number of aliphatic hydroxyl groups excluding tert-OH is 1. The zero-order valence-electron chi connectivity index (χ0n) is 11.7. The molecule has 19 heavy (non-hydrogen) atoms. The molecule has 1 amide bonds. The van der Waals surface area contributed by atoms with Gasteiger partial charge in [-0.1, -0.05) is 0 Å². The fraction of sp³-hybridized carbons (Fsp3) is 0.714. The van der Waals surface area contributed by atoms with E-state index in [1.807, 2.05) is 24.8 Å². The van der Waals surface area contributed by atoms with Gasteiger partial charge in [0.25, 0.3) is 5.91 Å². The van der Waals surface area contributed by atoms with E-state index in [1.165, 1.54) is 0 Å². The van der Waals surface area contributed by atoms with Crippen LogP contribution in [-0.4, -0.2) is 41.1 Å². The summed E-state index contributed by atoms with van der Waals surface area (Å²) in [5.41, 5.74) is 0.138. The van der Waals surface area contributed by atoms with Gasteiger partial charge >= 0.3 is 0 Å². The molecule has 0 aromatic heterocycles. The Morgan fingerprint density at radius 3 is 2.89 bits per heavy atom. The normalized spacial score (nSPS) is 20.3. The fourth-order valence-corrected chi connectivity index (χ4v) is 2.30. The number of hydrogen-bond acceptors (Lipinski definition) is 4. The maximum Gasteiger partial charge on any atom is 0.263 e. The Balaban J connectivity index is 2.77. The number of nitriles is 1. The SMILES string of the molecule is CC(C)NC(=O)/C(C#N)=C\N1CCCCC1CCO. The second-order valence-corrected chi connectivity index (χ2v) is 5.18. The summed E-state index contributed by atoms with van der Waals surface area (Å²) >= 11 is 0. The van der Waals surface area contributed by atoms with E-state index in [2.05, 4.69) is 5.32 Å². The van der Waals surface area contributed by atoms with E-state index in [9.17, 15) is 4.79 Å². The fourth-order valence-electron chi connectivity index (χ4n) is 2.30. The predicted molar refractivity (Wildman–Crippen MR) is 73.0 cm³/mol. The van der Waals surface area contributed by atoms with Crippen LogP contribution in [0.3, 0.4) is 0 Å². The van der Waals surface area contributed by atoms with E-state index in [0.717, 1.165) is 25.8 Å². The molecule has 0 saturated carbocycles. The maximum absolute atomic E-state index is 11.8. The van der Waals surface area contributed by atoms with Crippen LogP contribution in [0.25, 0.3) is 0 Å². The standard InChI is InChI=1S/C14H23N3O2/c1-11(2)16-14(19)12(9-15)10-17-7-4-3-5-13(17)6-8-18/h10-11,13,18H,3-8H2,1-2H3,(H,16,19)/b12-10-. The van der Waals surface area contributed by atoms with Gasteiger partial charge in [0.15, 0.2) is 0 Å². The van der Waals surface area contributed by atoms with Crippen LogP contribution in [0.1, 0.15) is 39.5 Å². The third-order valence-corrected chi connectivity index (χ3v) is 3.21. The molecule has 106 valence electrons. The molecule has 1 aliphatic heterocycles. The first-order chi connectivity index (χ1) is 9.08. The Morgan fingerprint density at radius 2 is 2.32 bits per heavy atom. The highest BCUT2D eigenvalue weighted by Gasteiger charge is 2.21. The summed E-state index contributed by atoms with van der Waals surface area (Å²) in [6.45, 7) is 4.70. The van der Waals surface area contributed by atoms with E-state index in [-0.39, 0.29) is 30.2 Å². The van der Waals surface area contributed by atoms with Crippen molar-refractivity contribution in [1.29, 1.82) is 5.26 Å². The molecule has 0 aromatic rings. The Labute approximate surface area is 114 Å². The topological polar surface area (TPSA) is 76.4 Å². The molecular formula is C14H23N3O2. The largest absolute Gasteiger partial charge is 0.396 e. The molecule has 1 fully saturated rings. The molecular weight excluding hydrogens is 242 g/mol. The van der Waals surface area contributed by atoms with E-state index in [4.69, 9.17) is 10.4 Å². The minimum atomic E-state index is -0.328. The molecule has 1 atom stereocenters. The van der Waals surface area contributed by atoms with Gasteiger partial charge in [-0.3, -0.25) is 4.79 Å². The zero-order chi connectivity index (χ0) is 14.3. The van der Waals surface area contributed by atoms with E-state index >= 15 is 0 Å². The Hall–Kier alpha value is -1.54. The van der Waals surface area contributed by atoms with Gasteiger partial charge in [0.1, 0.15) is 11.6 Å². The number of nitrogens with zero attached hydrogens (tertiary/aromatic N) is 2. The number of carbonyl (C=O) groups is 1. The van der Waals surface area contributed by atoms with Crippen molar-refractivity contribution >= 4 is 5.91 Å². The quantitative estimate of drug-likeness (QED) is 0.577. The lowest BCUT2D eigenvalue weighted by Gasteiger charge is -2.34. The van der Waals surface area contributed by atoms with Gasteiger partial charge in [0.2, 0.25) is 0 Å². The number of hydrogen-bond donors (Lipinski definition) is 2. The van der Waals surface area contributed by atoms with Crippen molar-refractivity contribution in [3.63, 3.8) is 0 Å². The second-order valence-electron chi connectivity index (χ2n) is 5.18. The third kappa shape index (κ3) is 4.92. The molecule has 0 bridgehead atoms. The van der Waals surface area contributed by atoms with Crippen molar-refractivity contribution in [3.05, 3.63) is 11.8 Å². The number of aliphatic hydroxyl groups is 1. The van der Waals surface area contributed by atoms with E-state index < -0.39 is 0 Å². The van der Waals surface area contributed by atoms with Gasteiger partial charge in [0.05, 0.1) is 0 Å². The lowest BCUT2D eigenvalue weighted by atomic mass is 10.00. The Bertz CT molecular complexity index is 369. The summed E-state index contributed by atoms with van der Waals surface area (Å²) < 4.78 is 0. The molecule has 1 rings (SSSR count). The van der Waals surface area contributed by atoms with Crippen LogP contribution in [0, 0.1) is 11.3 Å². The number of amides is 1. The van der Waals surface area contributed by atoms with Crippen LogP contribution in [0.5, 0.6) is 0 Å². The van der Waals surface area contributed by atoms with Gasteiger partial charge in [-0.25, -0.2) is 0 Å². The van der Waals surface area contributed by atoms with E-state index in [0.29, 0.717) is 6.42 Å². The average molecular weight is 265 g/mol. The van der Waals surface area contributed by atoms with Crippen LogP contribution in [0.15, 0.2) is 11.8 Å². The molecule has 0 radical (unpaired) electrons. The molecule has 1 aliphatic rings. The number of piperidine rings is 1. The molecule has 2 N–H and O–H groups in total. The molecule has 5 heteroatoms. The second kappa shape index (κ2) is 7.80. The minimum absolute atomic E-state index is 0.0128. The average Bonchev–Trinajstić information content (AvgIpc) is 2.37. The zero-order valence-corrected chi connectivity index (χ0v) is 11.7. The summed E-state index contributed by atoms with van der Waals surface area (Å²) in [7, 11) is 0. The first-order valence-corrected chi connectivity index (χ1v) is 6.88. The monoisotopic (exact) mass is 265 g/mol. The van der Waals surface area contributed by atoms with Crippen molar-refractivity contribution in [1.82, 2.24) is 10.2 Å². The van der Waals surface area contributed by atoms with Crippen molar-refractivity contribution in [2.24, 2.45) is 0 Å². The van der Waals surface area contributed by atoms with Crippen molar-refractivity contribution in [2.75, 3.05) is 13.2 Å². The summed E-state index contributed by atoms with van der Waals surface area (Å²) in [5, 5.41) is 20.9. The molecule has 1 heterocycles. The summed E-state index contributed by atoms with van der Waals surface area (Å²) in [6.07, 6.45) is 5.53. The highest BCUT2D eigenvalue weighted by atomic mass is 16.3. The summed E-state index contributed by atoms with van der Waals surface area (Å²) in [5.74, 6) is -0.328. The number of carbonyl (C=O) groups excluding carboxylic acids is 1. The Kier molecular flexibility index (Phi) is 6.37. The Morgan fingerprint density at radius 1 is 1.58 bits per heavy atom. The molecule has 5 nitrogen and oxygen atoms in total. The van der Waals surface area contributed by atoms with Crippen LogP contribution in [0.4, 0.5) is 0 Å². The predicted octanol–water partition coefficient (Wildman–Crippen LogP) is 1.16. The smallest absolute Gasteiger partial charge is 0.263 e. The van der Waals surface area contributed by atoms with Crippen molar-refractivity contribution in [2.45, 2.75) is 51.6 Å². The highest BCUT2D eigenvalue weighted by Crippen LogP contribution is 2.20. The number of nitrogens with one attached hydrogen (secondary N) is 1. The maximum atomic E-state index is 11.8. The first kappa shape index (κ1) is 15.5. The lowest BCUT2D eigenvalue weighted by Crippen LogP contribution is -2.38. The first-order valence-electron chi connectivity index (χ1n) is 6.88. The third-order valence-electron chi connectivity index (χ3n) is 3.21. The molecule has 1 unspecified atom stereocenters. The molecule has 0 aromatic carbocycles. The summed E-state index contributed by atoms with van der Waals surface area (Å²) in [6, 6.07) is 2.21. The lowest BCUT2D eigenvalue weighted by molar-refractivity contribution is -0.117. The van der Waals surface area contributed by atoms with Gasteiger partial charge in [-0.2, -0.15) is 5.26 Å². The van der Waals surface area contributed by atoms with Crippen molar-refractivity contribution < 1.29 is 9.90 Å². The van der Waals surface area contributed by atoms with Crippen molar-refractivity contribution in [3.8, 4) is 6.07 Å². The number of rotatable bonds is 5.